The Kier molecular flexibility index (Phi) is 9.37. The number of rotatable bonds is 10. The van der Waals surface area contributed by atoms with E-state index >= 15 is 0 Å². The zero-order valence-electron chi connectivity index (χ0n) is 15.6. The van der Waals surface area contributed by atoms with Gasteiger partial charge in [-0.3, -0.25) is 9.59 Å². The van der Waals surface area contributed by atoms with Crippen LogP contribution in [0.4, 0.5) is 4.79 Å². The van der Waals surface area contributed by atoms with E-state index in [1.165, 1.54) is 0 Å². The summed E-state index contributed by atoms with van der Waals surface area (Å²) in [4.78, 5) is 35.3. The number of benzene rings is 1. The molecule has 1 rings (SSSR count). The average Bonchev–Trinajstić information content (AvgIpc) is 2.63. The summed E-state index contributed by atoms with van der Waals surface area (Å²) >= 11 is 0. The molecular weight excluding hydrogens is 348 g/mol. The van der Waals surface area contributed by atoms with E-state index in [-0.39, 0.29) is 25.4 Å². The number of carbonyl (C=O) groups is 3. The van der Waals surface area contributed by atoms with E-state index in [2.05, 4.69) is 10.6 Å². The van der Waals surface area contributed by atoms with Crippen LogP contribution < -0.4 is 16.4 Å². The van der Waals surface area contributed by atoms with Gasteiger partial charge in [-0.25, -0.2) is 4.79 Å². The maximum Gasteiger partial charge on any atom is 0.408 e. The molecule has 8 nitrogen and oxygen atoms in total. The highest BCUT2D eigenvalue weighted by Crippen LogP contribution is 2.07. The SMILES string of the molecule is CC(C)C[C@H](NC(=O)OCc1ccccc1)C(=O)N[C@H](C#N)CCC(N)=O. The van der Waals surface area contributed by atoms with Gasteiger partial charge < -0.3 is 21.1 Å². The van der Waals surface area contributed by atoms with Crippen LogP contribution in [-0.4, -0.2) is 30.0 Å². The Labute approximate surface area is 159 Å². The molecule has 8 heteroatoms. The number of hydrogen-bond acceptors (Lipinski definition) is 5. The van der Waals surface area contributed by atoms with Gasteiger partial charge in [0.2, 0.25) is 11.8 Å². The van der Waals surface area contributed by atoms with Crippen molar-refractivity contribution in [3.8, 4) is 6.07 Å². The van der Waals surface area contributed by atoms with Gasteiger partial charge in [0.1, 0.15) is 18.7 Å². The van der Waals surface area contributed by atoms with Crippen LogP contribution in [0.25, 0.3) is 0 Å². The summed E-state index contributed by atoms with van der Waals surface area (Å²) in [5, 5.41) is 14.2. The predicted molar refractivity (Wildman–Crippen MR) is 99.0 cm³/mol. The average molecular weight is 374 g/mol. The molecule has 0 unspecified atom stereocenters. The molecule has 0 saturated carbocycles. The summed E-state index contributed by atoms with van der Waals surface area (Å²) in [6.45, 7) is 3.90. The second-order valence-electron chi connectivity index (χ2n) is 6.58. The van der Waals surface area contributed by atoms with Gasteiger partial charge >= 0.3 is 6.09 Å². The molecule has 0 heterocycles. The Morgan fingerprint density at radius 1 is 1.19 bits per heavy atom. The minimum Gasteiger partial charge on any atom is -0.445 e. The molecule has 146 valence electrons. The number of primary amides is 1. The number of nitriles is 1. The fraction of sp³-hybridized carbons (Fsp3) is 0.474. The highest BCUT2D eigenvalue weighted by Gasteiger charge is 2.25. The Balaban J connectivity index is 2.62. The van der Waals surface area contributed by atoms with Gasteiger partial charge in [0.25, 0.3) is 0 Å². The number of amides is 3. The first kappa shape index (κ1) is 22.0. The fourth-order valence-electron chi connectivity index (χ4n) is 2.34. The Morgan fingerprint density at radius 3 is 2.41 bits per heavy atom. The highest BCUT2D eigenvalue weighted by atomic mass is 16.5. The molecule has 0 saturated heterocycles. The molecule has 0 aliphatic heterocycles. The van der Waals surface area contributed by atoms with Gasteiger partial charge in [-0.15, -0.1) is 0 Å². The van der Waals surface area contributed by atoms with Crippen LogP contribution in [0.2, 0.25) is 0 Å². The summed E-state index contributed by atoms with van der Waals surface area (Å²) in [5.41, 5.74) is 5.89. The molecular formula is C19H26N4O4. The highest BCUT2D eigenvalue weighted by molar-refractivity contribution is 5.86. The number of carbonyl (C=O) groups excluding carboxylic acids is 3. The van der Waals surface area contributed by atoms with Crippen LogP contribution in [0.15, 0.2) is 30.3 Å². The van der Waals surface area contributed by atoms with E-state index in [0.717, 1.165) is 5.56 Å². The van der Waals surface area contributed by atoms with E-state index in [1.54, 1.807) is 0 Å². The monoisotopic (exact) mass is 374 g/mol. The van der Waals surface area contributed by atoms with Gasteiger partial charge in [-0.1, -0.05) is 44.2 Å². The van der Waals surface area contributed by atoms with Crippen LogP contribution >= 0.6 is 0 Å². The molecule has 0 aliphatic carbocycles. The van der Waals surface area contributed by atoms with Gasteiger partial charge in [-0.05, 0) is 24.3 Å². The minimum absolute atomic E-state index is 0.0140. The number of nitrogens with one attached hydrogen (secondary N) is 2. The lowest BCUT2D eigenvalue weighted by molar-refractivity contribution is -0.124. The lowest BCUT2D eigenvalue weighted by Gasteiger charge is -2.21. The normalized spacial score (nSPS) is 12.5. The van der Waals surface area contributed by atoms with Crippen molar-refractivity contribution in [3.63, 3.8) is 0 Å². The van der Waals surface area contributed by atoms with Crippen LogP contribution in [0, 0.1) is 17.2 Å². The van der Waals surface area contributed by atoms with E-state index in [4.69, 9.17) is 15.7 Å². The number of nitrogens with zero attached hydrogens (tertiary/aromatic N) is 1. The van der Waals surface area contributed by atoms with E-state index in [0.29, 0.717) is 6.42 Å². The van der Waals surface area contributed by atoms with Gasteiger partial charge in [0.15, 0.2) is 0 Å². The van der Waals surface area contributed by atoms with E-state index in [1.807, 2.05) is 50.2 Å². The molecule has 2 atom stereocenters. The molecule has 4 N–H and O–H groups in total. The van der Waals surface area contributed by atoms with Crippen molar-refractivity contribution in [2.24, 2.45) is 11.7 Å². The van der Waals surface area contributed by atoms with Crippen molar-refractivity contribution in [3.05, 3.63) is 35.9 Å². The molecule has 0 fully saturated rings. The maximum atomic E-state index is 12.5. The number of hydrogen-bond donors (Lipinski definition) is 3. The van der Waals surface area contributed by atoms with Gasteiger partial charge in [-0.2, -0.15) is 5.26 Å². The molecule has 1 aromatic carbocycles. The third kappa shape index (κ3) is 9.26. The molecule has 0 spiro atoms. The lowest BCUT2D eigenvalue weighted by Crippen LogP contribution is -2.50. The number of ether oxygens (including phenoxy) is 1. The van der Waals surface area contributed by atoms with Crippen LogP contribution in [0.5, 0.6) is 0 Å². The summed E-state index contributed by atoms with van der Waals surface area (Å²) in [5.74, 6) is -0.927. The minimum atomic E-state index is -0.859. The standard InChI is InChI=1S/C19H26N4O4/c1-13(2)10-16(18(25)22-15(11-20)8-9-17(21)24)23-19(26)27-12-14-6-4-3-5-7-14/h3-7,13,15-16H,8-10,12H2,1-2H3,(H2,21,24)(H,22,25)(H,23,26)/t15-,16-/m0/s1. The van der Waals surface area contributed by atoms with Crippen LogP contribution in [-0.2, 0) is 20.9 Å². The van der Waals surface area contributed by atoms with Crippen LogP contribution in [0.3, 0.4) is 0 Å². The smallest absolute Gasteiger partial charge is 0.408 e. The quantitative estimate of drug-likeness (QED) is 0.572. The lowest BCUT2D eigenvalue weighted by atomic mass is 10.0. The first-order valence-corrected chi connectivity index (χ1v) is 8.77. The second-order valence-corrected chi connectivity index (χ2v) is 6.58. The molecule has 0 aromatic heterocycles. The third-order valence-electron chi connectivity index (χ3n) is 3.68. The van der Waals surface area contributed by atoms with Crippen LogP contribution in [0.1, 0.15) is 38.7 Å². The summed E-state index contributed by atoms with van der Waals surface area (Å²) in [6, 6.07) is 9.37. The molecule has 3 amide bonds. The van der Waals surface area contributed by atoms with Crippen molar-refractivity contribution < 1.29 is 19.1 Å². The zero-order chi connectivity index (χ0) is 20.2. The first-order valence-electron chi connectivity index (χ1n) is 8.77. The topological polar surface area (TPSA) is 134 Å². The van der Waals surface area contributed by atoms with Gasteiger partial charge in [0, 0.05) is 6.42 Å². The van der Waals surface area contributed by atoms with E-state index < -0.39 is 30.0 Å². The first-order chi connectivity index (χ1) is 12.8. The largest absolute Gasteiger partial charge is 0.445 e. The summed E-state index contributed by atoms with van der Waals surface area (Å²) in [6.07, 6.45) is -0.241. The Bertz CT molecular complexity index is 670. The predicted octanol–water partition coefficient (Wildman–Crippen LogP) is 1.60. The fourth-order valence-corrected chi connectivity index (χ4v) is 2.34. The van der Waals surface area contributed by atoms with Gasteiger partial charge in [0.05, 0.1) is 6.07 Å². The molecule has 0 radical (unpaired) electrons. The third-order valence-corrected chi connectivity index (χ3v) is 3.68. The molecule has 0 aliphatic rings. The molecule has 0 bridgehead atoms. The summed E-state index contributed by atoms with van der Waals surface area (Å²) < 4.78 is 5.14. The number of alkyl carbamates (subject to hydrolysis) is 1. The van der Waals surface area contributed by atoms with Crippen molar-refractivity contribution in [1.29, 1.82) is 5.26 Å². The van der Waals surface area contributed by atoms with Crippen molar-refractivity contribution >= 4 is 17.9 Å². The maximum absolute atomic E-state index is 12.5. The van der Waals surface area contributed by atoms with E-state index in [9.17, 15) is 14.4 Å². The van der Waals surface area contributed by atoms with Crippen molar-refractivity contribution in [1.82, 2.24) is 10.6 Å². The molecule has 27 heavy (non-hydrogen) atoms. The van der Waals surface area contributed by atoms with Crippen molar-refractivity contribution in [2.45, 2.75) is 51.8 Å². The van der Waals surface area contributed by atoms with Crippen molar-refractivity contribution in [2.75, 3.05) is 0 Å². The Morgan fingerprint density at radius 2 is 1.85 bits per heavy atom. The number of nitrogens with two attached hydrogens (primary N) is 1. The molecule has 1 aromatic rings. The summed E-state index contributed by atoms with van der Waals surface area (Å²) in [7, 11) is 0. The Hall–Kier alpha value is -3.08. The zero-order valence-corrected chi connectivity index (χ0v) is 15.6. The second kappa shape index (κ2) is 11.5.